The Morgan fingerprint density at radius 3 is 2.42 bits per heavy atom. The zero-order valence-electron chi connectivity index (χ0n) is 13.2. The summed E-state index contributed by atoms with van der Waals surface area (Å²) in [6, 6.07) is 0.871. The number of hydrogen-bond donors (Lipinski definition) is 1. The van der Waals surface area contributed by atoms with Gasteiger partial charge in [-0.3, -0.25) is 4.90 Å². The molecule has 1 saturated heterocycles. The molecule has 1 N–H and O–H groups in total. The van der Waals surface area contributed by atoms with Gasteiger partial charge in [0.15, 0.2) is 9.84 Å². The van der Waals surface area contributed by atoms with Crippen LogP contribution in [0, 0.1) is 5.92 Å². The van der Waals surface area contributed by atoms with Gasteiger partial charge in [-0.1, -0.05) is 13.8 Å². The molecule has 0 aromatic heterocycles. The van der Waals surface area contributed by atoms with E-state index in [0.717, 1.165) is 19.5 Å². The summed E-state index contributed by atoms with van der Waals surface area (Å²) in [6.07, 6.45) is 2.48. The average Bonchev–Trinajstić information content (AvgIpc) is 2.20. The van der Waals surface area contributed by atoms with Crippen molar-refractivity contribution in [2.45, 2.75) is 57.9 Å². The maximum Gasteiger partial charge on any atom is 0.153 e. The van der Waals surface area contributed by atoms with Crippen molar-refractivity contribution in [3.8, 4) is 0 Å². The predicted octanol–water partition coefficient (Wildman–Crippen LogP) is 1.52. The molecule has 0 aliphatic carbocycles. The Bertz CT molecular complexity index is 390. The van der Waals surface area contributed by atoms with Crippen molar-refractivity contribution in [1.29, 1.82) is 0 Å². The monoisotopic (exact) mass is 290 g/mol. The smallest absolute Gasteiger partial charge is 0.153 e. The summed E-state index contributed by atoms with van der Waals surface area (Å²) in [4.78, 5) is 2.32. The van der Waals surface area contributed by atoms with Gasteiger partial charge in [-0.15, -0.1) is 0 Å². The van der Waals surface area contributed by atoms with Gasteiger partial charge < -0.3 is 5.32 Å². The molecule has 1 fully saturated rings. The van der Waals surface area contributed by atoms with E-state index in [1.165, 1.54) is 6.26 Å². The number of nitrogens with one attached hydrogen (secondary N) is 1. The molecule has 2 atom stereocenters. The van der Waals surface area contributed by atoms with Crippen LogP contribution in [-0.4, -0.2) is 56.0 Å². The van der Waals surface area contributed by atoms with Crippen molar-refractivity contribution < 1.29 is 8.42 Å². The molecule has 1 aliphatic heterocycles. The zero-order valence-corrected chi connectivity index (χ0v) is 14.0. The summed E-state index contributed by atoms with van der Waals surface area (Å²) >= 11 is 0. The first-order chi connectivity index (χ1) is 8.53. The Morgan fingerprint density at radius 2 is 1.95 bits per heavy atom. The number of rotatable bonds is 5. The Morgan fingerprint density at radius 1 is 1.37 bits per heavy atom. The van der Waals surface area contributed by atoms with E-state index in [2.05, 4.69) is 31.0 Å². The molecular formula is C14H30N2O2S. The minimum Gasteiger partial charge on any atom is -0.311 e. The van der Waals surface area contributed by atoms with Crippen LogP contribution in [0.5, 0.6) is 0 Å². The van der Waals surface area contributed by atoms with Crippen LogP contribution in [0.2, 0.25) is 0 Å². The Kier molecular flexibility index (Phi) is 5.43. The summed E-state index contributed by atoms with van der Waals surface area (Å²) < 4.78 is 23.0. The van der Waals surface area contributed by atoms with Gasteiger partial charge in [0.05, 0.1) is 4.75 Å². The molecule has 5 heteroatoms. The number of hydrogen-bond acceptors (Lipinski definition) is 4. The third-order valence-corrected chi connectivity index (χ3v) is 6.26. The SMILES string of the molecule is CC(C)CC1CN(CC(C)(C)S(C)(=O)=O)C(C)CN1. The second-order valence-electron chi connectivity index (χ2n) is 7.05. The first-order valence-corrected chi connectivity index (χ1v) is 9.09. The zero-order chi connectivity index (χ0) is 14.8. The molecule has 1 rings (SSSR count). The van der Waals surface area contributed by atoms with Gasteiger partial charge in [0, 0.05) is 38.0 Å². The average molecular weight is 290 g/mol. The normalized spacial score (nSPS) is 26.9. The number of nitrogens with zero attached hydrogens (tertiary/aromatic N) is 1. The van der Waals surface area contributed by atoms with Crippen molar-refractivity contribution in [1.82, 2.24) is 10.2 Å². The number of sulfone groups is 1. The quantitative estimate of drug-likeness (QED) is 0.834. The second kappa shape index (κ2) is 6.10. The molecule has 0 spiro atoms. The topological polar surface area (TPSA) is 49.4 Å². The van der Waals surface area contributed by atoms with Crippen LogP contribution in [-0.2, 0) is 9.84 Å². The second-order valence-corrected chi connectivity index (χ2v) is 9.69. The van der Waals surface area contributed by atoms with E-state index in [4.69, 9.17) is 0 Å². The van der Waals surface area contributed by atoms with E-state index in [-0.39, 0.29) is 0 Å². The third kappa shape index (κ3) is 4.72. The van der Waals surface area contributed by atoms with Gasteiger partial charge in [0.25, 0.3) is 0 Å². The molecule has 0 radical (unpaired) electrons. The van der Waals surface area contributed by atoms with E-state index in [9.17, 15) is 8.42 Å². The standard InChI is InChI=1S/C14H30N2O2S/c1-11(2)7-13-9-16(12(3)8-15-13)10-14(4,5)19(6,17)18/h11-13,15H,7-10H2,1-6H3. The maximum absolute atomic E-state index is 11.9. The highest BCUT2D eigenvalue weighted by atomic mass is 32.2. The third-order valence-electron chi connectivity index (χ3n) is 4.12. The van der Waals surface area contributed by atoms with Gasteiger partial charge in [0.2, 0.25) is 0 Å². The van der Waals surface area contributed by atoms with E-state index in [1.54, 1.807) is 0 Å². The highest BCUT2D eigenvalue weighted by Crippen LogP contribution is 2.21. The molecule has 0 bridgehead atoms. The fourth-order valence-corrected chi connectivity index (χ4v) is 2.95. The van der Waals surface area contributed by atoms with Crippen LogP contribution in [0.4, 0.5) is 0 Å². The summed E-state index contributed by atoms with van der Waals surface area (Å²) in [5, 5.41) is 3.56. The molecule has 0 aromatic rings. The fourth-order valence-electron chi connectivity index (χ4n) is 2.55. The summed E-state index contributed by atoms with van der Waals surface area (Å²) in [6.45, 7) is 12.8. The predicted molar refractivity (Wildman–Crippen MR) is 81.2 cm³/mol. The summed E-state index contributed by atoms with van der Waals surface area (Å²) in [5.74, 6) is 0.663. The minimum atomic E-state index is -3.03. The highest BCUT2D eigenvalue weighted by molar-refractivity contribution is 7.92. The van der Waals surface area contributed by atoms with Crippen molar-refractivity contribution >= 4 is 9.84 Å². The van der Waals surface area contributed by atoms with Crippen molar-refractivity contribution in [2.75, 3.05) is 25.9 Å². The lowest BCUT2D eigenvalue weighted by atomic mass is 9.99. The molecule has 1 aliphatic rings. The first-order valence-electron chi connectivity index (χ1n) is 7.20. The van der Waals surface area contributed by atoms with Crippen molar-refractivity contribution in [3.05, 3.63) is 0 Å². The van der Waals surface area contributed by atoms with E-state index in [0.29, 0.717) is 24.5 Å². The Hall–Kier alpha value is -0.130. The fraction of sp³-hybridized carbons (Fsp3) is 1.00. The molecular weight excluding hydrogens is 260 g/mol. The van der Waals surface area contributed by atoms with Gasteiger partial charge in [-0.2, -0.15) is 0 Å². The molecule has 114 valence electrons. The van der Waals surface area contributed by atoms with Crippen LogP contribution in [0.15, 0.2) is 0 Å². The summed E-state index contributed by atoms with van der Waals surface area (Å²) in [7, 11) is -3.03. The van der Waals surface area contributed by atoms with Gasteiger partial charge in [-0.25, -0.2) is 8.42 Å². The lowest BCUT2D eigenvalue weighted by Gasteiger charge is -2.42. The van der Waals surface area contributed by atoms with Crippen molar-refractivity contribution in [2.24, 2.45) is 5.92 Å². The number of piperazine rings is 1. The van der Waals surface area contributed by atoms with E-state index < -0.39 is 14.6 Å². The van der Waals surface area contributed by atoms with Crippen LogP contribution in [0.1, 0.15) is 41.0 Å². The van der Waals surface area contributed by atoms with Gasteiger partial charge in [-0.05, 0) is 33.1 Å². The van der Waals surface area contributed by atoms with E-state index in [1.807, 2.05) is 13.8 Å². The molecule has 19 heavy (non-hydrogen) atoms. The lowest BCUT2D eigenvalue weighted by molar-refractivity contribution is 0.122. The first kappa shape index (κ1) is 16.9. The van der Waals surface area contributed by atoms with Crippen LogP contribution in [0.3, 0.4) is 0 Å². The van der Waals surface area contributed by atoms with Crippen molar-refractivity contribution in [3.63, 3.8) is 0 Å². The Balaban J connectivity index is 2.70. The largest absolute Gasteiger partial charge is 0.311 e. The Labute approximate surface area is 118 Å². The van der Waals surface area contributed by atoms with Crippen LogP contribution >= 0.6 is 0 Å². The van der Waals surface area contributed by atoms with E-state index >= 15 is 0 Å². The van der Waals surface area contributed by atoms with Gasteiger partial charge >= 0.3 is 0 Å². The lowest BCUT2D eigenvalue weighted by Crippen LogP contribution is -2.59. The maximum atomic E-state index is 11.9. The highest BCUT2D eigenvalue weighted by Gasteiger charge is 2.36. The summed E-state index contributed by atoms with van der Waals surface area (Å²) in [5.41, 5.74) is 0. The molecule has 1 heterocycles. The molecule has 2 unspecified atom stereocenters. The molecule has 0 saturated carbocycles. The van der Waals surface area contributed by atoms with Gasteiger partial charge in [0.1, 0.15) is 0 Å². The van der Waals surface area contributed by atoms with Crippen LogP contribution in [0.25, 0.3) is 0 Å². The molecule has 0 amide bonds. The minimum absolute atomic E-state index is 0.393. The molecule has 4 nitrogen and oxygen atoms in total. The molecule has 0 aromatic carbocycles. The van der Waals surface area contributed by atoms with Crippen LogP contribution < -0.4 is 5.32 Å².